The summed E-state index contributed by atoms with van der Waals surface area (Å²) in [5, 5.41) is 13.9. The first kappa shape index (κ1) is 16.7. The summed E-state index contributed by atoms with van der Waals surface area (Å²) in [6, 6.07) is 11.4. The summed E-state index contributed by atoms with van der Waals surface area (Å²) in [5.74, 6) is 1.31. The lowest BCUT2D eigenvalue weighted by atomic mass is 10.1. The molecule has 0 radical (unpaired) electrons. The van der Waals surface area contributed by atoms with Gasteiger partial charge in [-0.3, -0.25) is 4.79 Å². The largest absolute Gasteiger partial charge is 0.497 e. The molecule has 0 aliphatic carbocycles. The first-order valence-electron chi connectivity index (χ1n) is 7.71. The summed E-state index contributed by atoms with van der Waals surface area (Å²) in [4.78, 5) is 11.7. The summed E-state index contributed by atoms with van der Waals surface area (Å²) in [6.07, 6.45) is 1.74. The van der Waals surface area contributed by atoms with E-state index in [1.165, 1.54) is 5.56 Å². The smallest absolute Gasteiger partial charge is 0.271 e. The summed E-state index contributed by atoms with van der Waals surface area (Å²) in [5.41, 5.74) is 1.51. The molecular weight excluding hydrogens is 292 g/mol. The van der Waals surface area contributed by atoms with Crippen molar-refractivity contribution in [3.05, 3.63) is 47.7 Å². The molecular formula is C17H22N4O2. The molecule has 1 aromatic carbocycles. The van der Waals surface area contributed by atoms with Crippen LogP contribution in [-0.4, -0.2) is 36.3 Å². The third-order valence-electron chi connectivity index (χ3n) is 3.29. The maximum atomic E-state index is 11.7. The van der Waals surface area contributed by atoms with Crippen molar-refractivity contribution in [2.24, 2.45) is 0 Å². The number of amides is 1. The SMILES string of the molecule is CCCNC(=O)c1ccc(NCCc2cccc(OC)c2)nn1. The van der Waals surface area contributed by atoms with Gasteiger partial charge >= 0.3 is 0 Å². The standard InChI is InChI=1S/C17H22N4O2/c1-3-10-19-17(22)15-7-8-16(21-20-15)18-11-9-13-5-4-6-14(12-13)23-2/h4-8,12H,3,9-11H2,1-2H3,(H,18,21)(H,19,22). The number of methoxy groups -OCH3 is 1. The van der Waals surface area contributed by atoms with Crippen molar-refractivity contribution in [2.75, 3.05) is 25.5 Å². The van der Waals surface area contributed by atoms with Crippen molar-refractivity contribution >= 4 is 11.7 Å². The van der Waals surface area contributed by atoms with E-state index in [2.05, 4.69) is 26.9 Å². The molecule has 2 N–H and O–H groups in total. The van der Waals surface area contributed by atoms with E-state index in [4.69, 9.17) is 4.74 Å². The highest BCUT2D eigenvalue weighted by atomic mass is 16.5. The number of nitrogens with zero attached hydrogens (tertiary/aromatic N) is 2. The normalized spacial score (nSPS) is 10.2. The summed E-state index contributed by atoms with van der Waals surface area (Å²) in [6.45, 7) is 3.37. The Morgan fingerprint density at radius 1 is 1.17 bits per heavy atom. The lowest BCUT2D eigenvalue weighted by molar-refractivity contribution is 0.0947. The summed E-state index contributed by atoms with van der Waals surface area (Å²) in [7, 11) is 1.66. The number of ether oxygens (including phenoxy) is 1. The van der Waals surface area contributed by atoms with Crippen LogP contribution in [0.5, 0.6) is 5.75 Å². The molecule has 0 saturated carbocycles. The highest BCUT2D eigenvalue weighted by Crippen LogP contribution is 2.13. The number of hydrogen-bond donors (Lipinski definition) is 2. The lowest BCUT2D eigenvalue weighted by Gasteiger charge is -2.07. The van der Waals surface area contributed by atoms with Gasteiger partial charge in [0.1, 0.15) is 11.6 Å². The molecule has 0 bridgehead atoms. The van der Waals surface area contributed by atoms with E-state index in [9.17, 15) is 4.79 Å². The van der Waals surface area contributed by atoms with Gasteiger partial charge in [-0.1, -0.05) is 19.1 Å². The van der Waals surface area contributed by atoms with Gasteiger partial charge < -0.3 is 15.4 Å². The van der Waals surface area contributed by atoms with Gasteiger partial charge in [-0.05, 0) is 42.7 Å². The second kappa shape index (κ2) is 8.73. The average molecular weight is 314 g/mol. The van der Waals surface area contributed by atoms with Gasteiger partial charge in [-0.15, -0.1) is 10.2 Å². The van der Waals surface area contributed by atoms with Gasteiger partial charge in [0.2, 0.25) is 0 Å². The molecule has 0 saturated heterocycles. The van der Waals surface area contributed by atoms with Crippen molar-refractivity contribution in [1.29, 1.82) is 0 Å². The van der Waals surface area contributed by atoms with E-state index in [1.54, 1.807) is 19.2 Å². The third kappa shape index (κ3) is 5.25. The highest BCUT2D eigenvalue weighted by molar-refractivity contribution is 5.92. The van der Waals surface area contributed by atoms with Crippen LogP contribution < -0.4 is 15.4 Å². The molecule has 6 nitrogen and oxygen atoms in total. The molecule has 1 amide bonds. The van der Waals surface area contributed by atoms with Crippen molar-refractivity contribution < 1.29 is 9.53 Å². The van der Waals surface area contributed by atoms with Crippen LogP contribution in [0, 0.1) is 0 Å². The number of carbonyl (C=O) groups excluding carboxylic acids is 1. The molecule has 1 heterocycles. The molecule has 1 aromatic heterocycles. The maximum Gasteiger partial charge on any atom is 0.271 e. The summed E-state index contributed by atoms with van der Waals surface area (Å²) < 4.78 is 5.20. The molecule has 0 unspecified atom stereocenters. The molecule has 0 fully saturated rings. The van der Waals surface area contributed by atoms with Crippen LogP contribution in [0.1, 0.15) is 29.4 Å². The van der Waals surface area contributed by atoms with Gasteiger partial charge in [-0.2, -0.15) is 0 Å². The van der Waals surface area contributed by atoms with Crippen LogP contribution in [0.3, 0.4) is 0 Å². The minimum absolute atomic E-state index is 0.192. The Morgan fingerprint density at radius 3 is 2.74 bits per heavy atom. The molecule has 0 aliphatic rings. The van der Waals surface area contributed by atoms with Gasteiger partial charge in [0.15, 0.2) is 5.69 Å². The summed E-state index contributed by atoms with van der Waals surface area (Å²) >= 11 is 0. The zero-order valence-corrected chi connectivity index (χ0v) is 13.5. The van der Waals surface area contributed by atoms with E-state index in [1.807, 2.05) is 25.1 Å². The first-order chi connectivity index (χ1) is 11.2. The van der Waals surface area contributed by atoms with E-state index >= 15 is 0 Å². The van der Waals surface area contributed by atoms with E-state index in [0.29, 0.717) is 18.1 Å². The van der Waals surface area contributed by atoms with Crippen molar-refractivity contribution in [3.8, 4) is 5.75 Å². The highest BCUT2D eigenvalue weighted by Gasteiger charge is 2.06. The van der Waals surface area contributed by atoms with Crippen LogP contribution in [-0.2, 0) is 6.42 Å². The molecule has 0 atom stereocenters. The second-order valence-electron chi connectivity index (χ2n) is 5.09. The topological polar surface area (TPSA) is 76.1 Å². The molecule has 122 valence electrons. The fourth-order valence-corrected chi connectivity index (χ4v) is 2.04. The monoisotopic (exact) mass is 314 g/mol. The number of carbonyl (C=O) groups is 1. The predicted octanol–water partition coefficient (Wildman–Crippen LogP) is 2.28. The van der Waals surface area contributed by atoms with Crippen LogP contribution in [0.2, 0.25) is 0 Å². The third-order valence-corrected chi connectivity index (χ3v) is 3.29. The quantitative estimate of drug-likeness (QED) is 0.782. The minimum atomic E-state index is -0.192. The van der Waals surface area contributed by atoms with Crippen LogP contribution in [0.15, 0.2) is 36.4 Å². The first-order valence-corrected chi connectivity index (χ1v) is 7.71. The molecule has 0 aliphatic heterocycles. The average Bonchev–Trinajstić information content (AvgIpc) is 2.60. The fraction of sp³-hybridized carbons (Fsp3) is 0.353. The van der Waals surface area contributed by atoms with E-state index in [0.717, 1.165) is 25.1 Å². The van der Waals surface area contributed by atoms with Crippen molar-refractivity contribution in [1.82, 2.24) is 15.5 Å². The number of benzene rings is 1. The number of rotatable bonds is 8. The zero-order valence-electron chi connectivity index (χ0n) is 13.5. The number of aromatic nitrogens is 2. The predicted molar refractivity (Wildman–Crippen MR) is 89.8 cm³/mol. The Hall–Kier alpha value is -2.63. The van der Waals surface area contributed by atoms with Gasteiger partial charge in [0, 0.05) is 13.1 Å². The van der Waals surface area contributed by atoms with Crippen LogP contribution >= 0.6 is 0 Å². The van der Waals surface area contributed by atoms with Crippen LogP contribution in [0.25, 0.3) is 0 Å². The molecule has 2 aromatic rings. The zero-order chi connectivity index (χ0) is 16.5. The van der Waals surface area contributed by atoms with E-state index < -0.39 is 0 Å². The van der Waals surface area contributed by atoms with Crippen LogP contribution in [0.4, 0.5) is 5.82 Å². The van der Waals surface area contributed by atoms with Crippen molar-refractivity contribution in [2.45, 2.75) is 19.8 Å². The van der Waals surface area contributed by atoms with Gasteiger partial charge in [0.05, 0.1) is 7.11 Å². The number of nitrogens with one attached hydrogen (secondary N) is 2. The van der Waals surface area contributed by atoms with Crippen molar-refractivity contribution in [3.63, 3.8) is 0 Å². The molecule has 0 spiro atoms. The fourth-order valence-electron chi connectivity index (χ4n) is 2.04. The molecule has 2 rings (SSSR count). The van der Waals surface area contributed by atoms with Gasteiger partial charge in [-0.25, -0.2) is 0 Å². The minimum Gasteiger partial charge on any atom is -0.497 e. The second-order valence-corrected chi connectivity index (χ2v) is 5.09. The number of anilines is 1. The van der Waals surface area contributed by atoms with Gasteiger partial charge in [0.25, 0.3) is 5.91 Å². The Balaban J connectivity index is 1.83. The Bertz CT molecular complexity index is 629. The molecule has 6 heteroatoms. The maximum absolute atomic E-state index is 11.7. The Labute approximate surface area is 136 Å². The number of hydrogen-bond acceptors (Lipinski definition) is 5. The molecule has 23 heavy (non-hydrogen) atoms. The Kier molecular flexibility index (Phi) is 6.35. The Morgan fingerprint density at radius 2 is 2.04 bits per heavy atom. The lowest BCUT2D eigenvalue weighted by Crippen LogP contribution is -2.25. The van der Waals surface area contributed by atoms with E-state index in [-0.39, 0.29) is 5.91 Å².